The third-order valence-corrected chi connectivity index (χ3v) is 2.10. The van der Waals surface area contributed by atoms with Crippen molar-refractivity contribution in [1.29, 1.82) is 0 Å². The van der Waals surface area contributed by atoms with Crippen molar-refractivity contribution in [2.45, 2.75) is 0 Å². The zero-order valence-corrected chi connectivity index (χ0v) is 8.80. The van der Waals surface area contributed by atoms with Crippen LogP contribution in [0.15, 0.2) is 22.6 Å². The van der Waals surface area contributed by atoms with Crippen LogP contribution in [0, 0.1) is 4.84 Å². The fourth-order valence-electron chi connectivity index (χ4n) is 1.21. The summed E-state index contributed by atoms with van der Waals surface area (Å²) >= 11 is 4.77. The molecule has 3 N–H and O–H groups in total. The van der Waals surface area contributed by atoms with Crippen molar-refractivity contribution in [2.24, 2.45) is 0 Å². The lowest BCUT2D eigenvalue weighted by Gasteiger charge is -2.03. The van der Waals surface area contributed by atoms with Crippen molar-refractivity contribution in [3.05, 3.63) is 23.0 Å². The van der Waals surface area contributed by atoms with Crippen molar-refractivity contribution in [2.75, 3.05) is 12.8 Å². The first-order chi connectivity index (χ1) is 7.20. The molecular weight excluding hydrogens is 214 g/mol. The molecule has 5 nitrogen and oxygen atoms in total. The third-order valence-electron chi connectivity index (χ3n) is 1.93. The van der Waals surface area contributed by atoms with Gasteiger partial charge in [0.05, 0.1) is 12.7 Å². The molecule has 6 heteroatoms. The second-order valence-corrected chi connectivity index (χ2v) is 3.24. The van der Waals surface area contributed by atoms with Crippen molar-refractivity contribution in [3.8, 4) is 17.2 Å². The topological polar surface area (TPSA) is 77.1 Å². The predicted molar refractivity (Wildman–Crippen MR) is 58.1 cm³/mol. The Bertz CT molecular complexity index is 532. The fourth-order valence-corrected chi connectivity index (χ4v) is 1.33. The maximum Gasteiger partial charge on any atom is 0.284 e. The van der Waals surface area contributed by atoms with Crippen LogP contribution in [0.25, 0.3) is 11.5 Å². The molecule has 0 amide bonds. The SMILES string of the molecule is COc1ccc(-c2n[nH]c(=S)o2)c(N)c1. The quantitative estimate of drug-likeness (QED) is 0.601. The average molecular weight is 223 g/mol. The van der Waals surface area contributed by atoms with Crippen molar-refractivity contribution in [3.63, 3.8) is 0 Å². The number of nitrogens with one attached hydrogen (secondary N) is 1. The van der Waals surface area contributed by atoms with E-state index in [9.17, 15) is 0 Å². The molecule has 2 aromatic rings. The maximum atomic E-state index is 5.81. The number of hydrogen-bond donors (Lipinski definition) is 2. The molecule has 15 heavy (non-hydrogen) atoms. The summed E-state index contributed by atoms with van der Waals surface area (Å²) in [6.07, 6.45) is 0. The van der Waals surface area contributed by atoms with Gasteiger partial charge in [0.1, 0.15) is 5.75 Å². The molecule has 0 aliphatic carbocycles. The molecule has 0 fully saturated rings. The van der Waals surface area contributed by atoms with Gasteiger partial charge in [0.2, 0.25) is 5.89 Å². The van der Waals surface area contributed by atoms with Crippen molar-refractivity contribution < 1.29 is 9.15 Å². The van der Waals surface area contributed by atoms with Crippen LogP contribution in [0.2, 0.25) is 0 Å². The van der Waals surface area contributed by atoms with Crippen molar-refractivity contribution >= 4 is 17.9 Å². The Morgan fingerprint density at radius 1 is 1.53 bits per heavy atom. The van der Waals surface area contributed by atoms with E-state index < -0.39 is 0 Å². The lowest BCUT2D eigenvalue weighted by atomic mass is 10.2. The van der Waals surface area contributed by atoms with Gasteiger partial charge in [-0.1, -0.05) is 0 Å². The molecule has 0 saturated carbocycles. The van der Waals surface area contributed by atoms with E-state index in [1.54, 1.807) is 25.3 Å². The van der Waals surface area contributed by atoms with Gasteiger partial charge in [0, 0.05) is 11.8 Å². The van der Waals surface area contributed by atoms with Gasteiger partial charge >= 0.3 is 0 Å². The van der Waals surface area contributed by atoms with Crippen molar-refractivity contribution in [1.82, 2.24) is 10.2 Å². The van der Waals surface area contributed by atoms with Gasteiger partial charge in [0.15, 0.2) is 0 Å². The number of hydrogen-bond acceptors (Lipinski definition) is 5. The summed E-state index contributed by atoms with van der Waals surface area (Å²) in [5.41, 5.74) is 7.02. The molecule has 1 aromatic heterocycles. The largest absolute Gasteiger partial charge is 0.497 e. The molecule has 0 aliphatic rings. The Kier molecular flexibility index (Phi) is 2.42. The number of rotatable bonds is 2. The van der Waals surface area contributed by atoms with Gasteiger partial charge in [-0.25, -0.2) is 5.10 Å². The minimum absolute atomic E-state index is 0.222. The number of nitrogens with zero attached hydrogens (tertiary/aromatic N) is 1. The highest BCUT2D eigenvalue weighted by Gasteiger charge is 2.08. The molecule has 0 unspecified atom stereocenters. The van der Waals surface area contributed by atoms with E-state index in [1.807, 2.05) is 0 Å². The first kappa shape index (κ1) is 9.72. The van der Waals surface area contributed by atoms with E-state index >= 15 is 0 Å². The molecule has 2 rings (SSSR count). The Morgan fingerprint density at radius 2 is 2.33 bits per heavy atom. The first-order valence-electron chi connectivity index (χ1n) is 4.20. The van der Waals surface area contributed by atoms with E-state index in [4.69, 9.17) is 27.1 Å². The van der Waals surface area contributed by atoms with E-state index in [2.05, 4.69) is 10.2 Å². The number of nitrogens with two attached hydrogens (primary N) is 1. The van der Waals surface area contributed by atoms with Crippen LogP contribution in [0.5, 0.6) is 5.75 Å². The first-order valence-corrected chi connectivity index (χ1v) is 4.61. The summed E-state index contributed by atoms with van der Waals surface area (Å²) in [7, 11) is 1.58. The molecule has 0 saturated heterocycles. The summed E-state index contributed by atoms with van der Waals surface area (Å²) in [5, 5.41) is 6.42. The monoisotopic (exact) mass is 223 g/mol. The lowest BCUT2D eigenvalue weighted by molar-refractivity contribution is 0.415. The molecule has 0 atom stereocenters. The third kappa shape index (κ3) is 1.84. The Labute approximate surface area is 90.9 Å². The molecule has 78 valence electrons. The zero-order chi connectivity index (χ0) is 10.8. The number of aromatic amines is 1. The Hall–Kier alpha value is -1.82. The van der Waals surface area contributed by atoms with E-state index in [0.29, 0.717) is 22.9 Å². The minimum Gasteiger partial charge on any atom is -0.497 e. The summed E-state index contributed by atoms with van der Waals surface area (Å²) in [6, 6.07) is 5.24. The second kappa shape index (κ2) is 3.74. The highest BCUT2D eigenvalue weighted by atomic mass is 32.1. The fraction of sp³-hybridized carbons (Fsp3) is 0.111. The molecule has 0 aliphatic heterocycles. The number of benzene rings is 1. The summed E-state index contributed by atoms with van der Waals surface area (Å²) in [5.74, 6) is 1.06. The summed E-state index contributed by atoms with van der Waals surface area (Å²) in [4.78, 5) is 0.222. The number of H-pyrrole nitrogens is 1. The predicted octanol–water partition coefficient (Wildman–Crippen LogP) is 1.99. The number of methoxy groups -OCH3 is 1. The second-order valence-electron chi connectivity index (χ2n) is 2.87. The normalized spacial score (nSPS) is 10.2. The summed E-state index contributed by atoms with van der Waals surface area (Å²) < 4.78 is 10.2. The van der Waals surface area contributed by atoms with Gasteiger partial charge in [-0.3, -0.25) is 0 Å². The maximum absolute atomic E-state index is 5.81. The van der Waals surface area contributed by atoms with Crippen LogP contribution in [-0.4, -0.2) is 17.3 Å². The number of nitrogen functional groups attached to an aromatic ring is 1. The standard InChI is InChI=1S/C9H9N3O2S/c1-13-5-2-3-6(7(10)4-5)8-11-12-9(15)14-8/h2-4H,10H2,1H3,(H,12,15). The van der Waals surface area contributed by atoms with Gasteiger partial charge in [-0.2, -0.15) is 0 Å². The van der Waals surface area contributed by atoms with Crippen LogP contribution in [-0.2, 0) is 0 Å². The lowest BCUT2D eigenvalue weighted by Crippen LogP contribution is -1.92. The Morgan fingerprint density at radius 3 is 2.87 bits per heavy atom. The number of anilines is 1. The molecule has 1 aromatic carbocycles. The zero-order valence-electron chi connectivity index (χ0n) is 7.98. The van der Waals surface area contributed by atoms with E-state index in [1.165, 1.54) is 0 Å². The number of aromatic nitrogens is 2. The molecule has 0 spiro atoms. The average Bonchev–Trinajstić information content (AvgIpc) is 2.64. The van der Waals surface area contributed by atoms with E-state index in [0.717, 1.165) is 0 Å². The van der Waals surface area contributed by atoms with Gasteiger partial charge in [0.25, 0.3) is 4.84 Å². The highest BCUT2D eigenvalue weighted by molar-refractivity contribution is 7.71. The van der Waals surface area contributed by atoms with Crippen LogP contribution in [0.4, 0.5) is 5.69 Å². The Balaban J connectivity index is 2.49. The molecule has 0 radical (unpaired) electrons. The molecule has 1 heterocycles. The highest BCUT2D eigenvalue weighted by Crippen LogP contribution is 2.27. The van der Waals surface area contributed by atoms with Crippen LogP contribution < -0.4 is 10.5 Å². The van der Waals surface area contributed by atoms with Gasteiger partial charge in [-0.15, -0.1) is 5.10 Å². The minimum atomic E-state index is 0.222. The van der Waals surface area contributed by atoms with Gasteiger partial charge in [-0.05, 0) is 24.4 Å². The molecule has 0 bridgehead atoms. The van der Waals surface area contributed by atoms with Crippen LogP contribution >= 0.6 is 12.2 Å². The van der Waals surface area contributed by atoms with Gasteiger partial charge < -0.3 is 14.9 Å². The van der Waals surface area contributed by atoms with E-state index in [-0.39, 0.29) is 4.84 Å². The van der Waals surface area contributed by atoms with Crippen LogP contribution in [0.1, 0.15) is 0 Å². The van der Waals surface area contributed by atoms with Crippen LogP contribution in [0.3, 0.4) is 0 Å². The number of ether oxygens (including phenoxy) is 1. The summed E-state index contributed by atoms with van der Waals surface area (Å²) in [6.45, 7) is 0. The molecular formula is C9H9N3O2S. The smallest absolute Gasteiger partial charge is 0.284 e.